The number of nitrogen functional groups attached to an aromatic ring is 1. The van der Waals surface area contributed by atoms with E-state index >= 15 is 0 Å². The van der Waals surface area contributed by atoms with Crippen LogP contribution in [-0.4, -0.2) is 51.1 Å². The van der Waals surface area contributed by atoms with E-state index in [2.05, 4.69) is 32.0 Å². The number of ether oxygens (including phenoxy) is 1. The summed E-state index contributed by atoms with van der Waals surface area (Å²) in [5.41, 5.74) is 8.43. The second kappa shape index (κ2) is 8.81. The molecule has 4 rings (SSSR count). The van der Waals surface area contributed by atoms with Gasteiger partial charge in [0.15, 0.2) is 0 Å². The van der Waals surface area contributed by atoms with Crippen LogP contribution in [0.3, 0.4) is 0 Å². The number of benzene rings is 1. The molecule has 0 atom stereocenters. The Morgan fingerprint density at radius 3 is 2.65 bits per heavy atom. The summed E-state index contributed by atoms with van der Waals surface area (Å²) in [5.74, 6) is -0.269. The lowest BCUT2D eigenvalue weighted by Crippen LogP contribution is -2.43. The van der Waals surface area contributed by atoms with Crippen molar-refractivity contribution < 1.29 is 9.53 Å². The van der Waals surface area contributed by atoms with E-state index < -0.39 is 11.6 Å². The van der Waals surface area contributed by atoms with E-state index in [0.717, 1.165) is 25.1 Å². The fraction of sp³-hybridized carbons (Fsp3) is 0.333. The number of fused-ring (bicyclic) bond motifs is 1. The Morgan fingerprint density at radius 2 is 1.90 bits per heavy atom. The van der Waals surface area contributed by atoms with Crippen molar-refractivity contribution in [2.75, 3.05) is 25.4 Å². The molecule has 31 heavy (non-hydrogen) atoms. The Bertz CT molecular complexity index is 1110. The van der Waals surface area contributed by atoms with Gasteiger partial charge in [0.05, 0.1) is 11.2 Å². The van der Waals surface area contributed by atoms with Gasteiger partial charge >= 0.3 is 5.97 Å². The van der Waals surface area contributed by atoms with Crippen LogP contribution in [0.25, 0.3) is 11.0 Å². The fourth-order valence-corrected chi connectivity index (χ4v) is 3.83. The zero-order chi connectivity index (χ0) is 21.8. The molecule has 1 aromatic carbocycles. The number of carbonyl (C=O) groups excluding carboxylic acids is 1. The molecule has 0 amide bonds. The van der Waals surface area contributed by atoms with Crippen molar-refractivity contribution in [2.45, 2.75) is 32.3 Å². The number of rotatable bonds is 6. The molecule has 3 aromatic rings. The smallest absolute Gasteiger partial charge is 0.357 e. The lowest BCUT2D eigenvalue weighted by atomic mass is 10.1. The molecule has 2 N–H and O–H groups in total. The Labute approximate surface area is 182 Å². The zero-order valence-electron chi connectivity index (χ0n) is 17.9. The van der Waals surface area contributed by atoms with Gasteiger partial charge in [-0.05, 0) is 38.0 Å². The number of nitrogens with two attached hydrogens (primary N) is 1. The molecule has 0 aliphatic carbocycles. The monoisotopic (exact) mass is 417 g/mol. The van der Waals surface area contributed by atoms with Crippen molar-refractivity contribution in [3.63, 3.8) is 0 Å². The third-order valence-corrected chi connectivity index (χ3v) is 5.17. The average molecular weight is 418 g/mol. The number of hydrogen-bond acceptors (Lipinski definition) is 7. The van der Waals surface area contributed by atoms with Crippen molar-refractivity contribution in [1.29, 1.82) is 0 Å². The predicted octanol–water partition coefficient (Wildman–Crippen LogP) is 3.40. The SMILES string of the molecule is CC(C)(CN1CC=CCC1)OC(=O)c1ccc2nc(N)nc(Cc3ccccc3)c2n1. The normalized spacial score (nSPS) is 14.6. The molecule has 2 aromatic heterocycles. The van der Waals surface area contributed by atoms with Crippen LogP contribution in [0, 0.1) is 0 Å². The highest BCUT2D eigenvalue weighted by molar-refractivity contribution is 5.91. The second-order valence-corrected chi connectivity index (χ2v) is 8.40. The van der Waals surface area contributed by atoms with Gasteiger partial charge in [-0.1, -0.05) is 42.5 Å². The number of nitrogens with zero attached hydrogens (tertiary/aromatic N) is 4. The van der Waals surface area contributed by atoms with Gasteiger partial charge in [0, 0.05) is 26.1 Å². The van der Waals surface area contributed by atoms with Gasteiger partial charge in [0.2, 0.25) is 5.95 Å². The molecule has 0 saturated carbocycles. The minimum atomic E-state index is -0.636. The largest absolute Gasteiger partial charge is 0.454 e. The highest BCUT2D eigenvalue weighted by Crippen LogP contribution is 2.21. The van der Waals surface area contributed by atoms with Crippen LogP contribution in [0.2, 0.25) is 0 Å². The van der Waals surface area contributed by atoms with Crippen LogP contribution in [0.15, 0.2) is 54.6 Å². The van der Waals surface area contributed by atoms with E-state index in [-0.39, 0.29) is 11.6 Å². The van der Waals surface area contributed by atoms with Gasteiger partial charge < -0.3 is 10.5 Å². The topological polar surface area (TPSA) is 94.2 Å². The number of carbonyl (C=O) groups is 1. The van der Waals surface area contributed by atoms with Gasteiger partial charge in [-0.15, -0.1) is 0 Å². The van der Waals surface area contributed by atoms with E-state index in [9.17, 15) is 4.79 Å². The van der Waals surface area contributed by atoms with Crippen molar-refractivity contribution in [3.05, 3.63) is 71.6 Å². The van der Waals surface area contributed by atoms with Gasteiger partial charge in [0.1, 0.15) is 16.8 Å². The van der Waals surface area contributed by atoms with E-state index in [4.69, 9.17) is 10.5 Å². The predicted molar refractivity (Wildman–Crippen MR) is 121 cm³/mol. The van der Waals surface area contributed by atoms with Gasteiger partial charge in [-0.2, -0.15) is 0 Å². The van der Waals surface area contributed by atoms with Crippen molar-refractivity contribution in [3.8, 4) is 0 Å². The number of aromatic nitrogens is 3. The second-order valence-electron chi connectivity index (χ2n) is 8.40. The number of hydrogen-bond donors (Lipinski definition) is 1. The Hall–Kier alpha value is -3.32. The van der Waals surface area contributed by atoms with Crippen LogP contribution < -0.4 is 5.73 Å². The Balaban J connectivity index is 1.57. The molecule has 0 fully saturated rings. The first-order valence-corrected chi connectivity index (χ1v) is 10.5. The molecule has 0 saturated heterocycles. The van der Waals surface area contributed by atoms with Crippen LogP contribution in [0.5, 0.6) is 0 Å². The summed E-state index contributed by atoms with van der Waals surface area (Å²) in [6.45, 7) is 6.35. The fourth-order valence-electron chi connectivity index (χ4n) is 3.83. The molecule has 160 valence electrons. The average Bonchev–Trinajstić information content (AvgIpc) is 2.74. The highest BCUT2D eigenvalue weighted by atomic mass is 16.6. The first-order chi connectivity index (χ1) is 14.9. The minimum Gasteiger partial charge on any atom is -0.454 e. The van der Waals surface area contributed by atoms with Crippen molar-refractivity contribution in [1.82, 2.24) is 19.9 Å². The molecule has 0 unspecified atom stereocenters. The lowest BCUT2D eigenvalue weighted by molar-refractivity contribution is -0.0159. The Kier molecular flexibility index (Phi) is 5.95. The van der Waals surface area contributed by atoms with Crippen LogP contribution in [-0.2, 0) is 11.2 Å². The first-order valence-electron chi connectivity index (χ1n) is 10.5. The number of esters is 1. The highest BCUT2D eigenvalue weighted by Gasteiger charge is 2.27. The zero-order valence-corrected chi connectivity index (χ0v) is 17.9. The van der Waals surface area contributed by atoms with Crippen LogP contribution in [0.4, 0.5) is 5.95 Å². The molecule has 7 nitrogen and oxygen atoms in total. The van der Waals surface area contributed by atoms with E-state index in [1.165, 1.54) is 0 Å². The Morgan fingerprint density at radius 1 is 1.10 bits per heavy atom. The maximum atomic E-state index is 12.9. The minimum absolute atomic E-state index is 0.187. The number of anilines is 1. The maximum absolute atomic E-state index is 12.9. The van der Waals surface area contributed by atoms with Gasteiger partial charge in [-0.3, -0.25) is 4.90 Å². The molecule has 0 radical (unpaired) electrons. The quantitative estimate of drug-likeness (QED) is 0.485. The summed E-state index contributed by atoms with van der Waals surface area (Å²) in [7, 11) is 0. The van der Waals surface area contributed by atoms with Crippen molar-refractivity contribution >= 4 is 23.0 Å². The summed E-state index contributed by atoms with van der Waals surface area (Å²) >= 11 is 0. The molecular formula is C24H27N5O2. The maximum Gasteiger partial charge on any atom is 0.357 e. The summed E-state index contributed by atoms with van der Waals surface area (Å²) in [5, 5.41) is 0. The van der Waals surface area contributed by atoms with E-state index in [1.54, 1.807) is 12.1 Å². The third kappa shape index (κ3) is 5.24. The molecule has 0 spiro atoms. The number of pyridine rings is 1. The van der Waals surface area contributed by atoms with Gasteiger partial charge in [0.25, 0.3) is 0 Å². The lowest BCUT2D eigenvalue weighted by Gasteiger charge is -2.32. The summed E-state index contributed by atoms with van der Waals surface area (Å²) in [4.78, 5) is 28.4. The summed E-state index contributed by atoms with van der Waals surface area (Å²) in [6.07, 6.45) is 5.88. The molecule has 3 heterocycles. The molecule has 1 aliphatic rings. The van der Waals surface area contributed by atoms with Crippen molar-refractivity contribution in [2.24, 2.45) is 0 Å². The van der Waals surface area contributed by atoms with Gasteiger partial charge in [-0.25, -0.2) is 19.7 Å². The third-order valence-electron chi connectivity index (χ3n) is 5.17. The molecule has 0 bridgehead atoms. The van der Waals surface area contributed by atoms with E-state index in [1.807, 2.05) is 44.2 Å². The summed E-state index contributed by atoms with van der Waals surface area (Å²) in [6, 6.07) is 13.3. The molecule has 1 aliphatic heterocycles. The molecular weight excluding hydrogens is 390 g/mol. The summed E-state index contributed by atoms with van der Waals surface area (Å²) < 4.78 is 5.82. The van der Waals surface area contributed by atoms with Crippen LogP contribution >= 0.6 is 0 Å². The van der Waals surface area contributed by atoms with E-state index in [0.29, 0.717) is 29.7 Å². The molecule has 7 heteroatoms. The van der Waals surface area contributed by atoms with Crippen LogP contribution in [0.1, 0.15) is 42.0 Å². The standard InChI is InChI=1S/C24H27N5O2/c1-24(2,16-29-13-7-4-8-14-29)31-22(30)19-12-11-18-21(26-19)20(28-23(25)27-18)15-17-9-5-3-6-10-17/h3-7,9-12H,8,13-16H2,1-2H3,(H2,25,27,28). The first kappa shape index (κ1) is 20.9.